The van der Waals surface area contributed by atoms with Crippen LogP contribution in [0.25, 0.3) is 0 Å². The van der Waals surface area contributed by atoms with Gasteiger partial charge in [-0.3, -0.25) is 14.4 Å². The number of esters is 3. The van der Waals surface area contributed by atoms with Gasteiger partial charge in [0.1, 0.15) is 13.2 Å². The van der Waals surface area contributed by atoms with E-state index in [4.69, 9.17) is 14.2 Å². The topological polar surface area (TPSA) is 78.9 Å². The van der Waals surface area contributed by atoms with E-state index >= 15 is 0 Å². The van der Waals surface area contributed by atoms with E-state index in [1.165, 1.54) is 270 Å². The van der Waals surface area contributed by atoms with Gasteiger partial charge >= 0.3 is 17.9 Å². The second kappa shape index (κ2) is 71.6. The molecule has 1 unspecified atom stereocenters. The van der Waals surface area contributed by atoms with Gasteiger partial charge in [0.2, 0.25) is 0 Å². The molecule has 0 aromatic heterocycles. The highest BCUT2D eigenvalue weighted by Crippen LogP contribution is 2.18. The first kappa shape index (κ1) is 80.1. The SMILES string of the molecule is CCCCC/C=C\C/C=C\C/C=C\CCCCCCCCC(=O)OCC(COC(=O)CCCCCCCCCCCCCCC/C=C\C/C=C\CCCCCCC)OC(=O)CCCCCCCCCCCCCCCCCCCCCCC. The summed E-state index contributed by atoms with van der Waals surface area (Å²) in [5, 5.41) is 0. The Hall–Kier alpha value is -2.89. The zero-order valence-corrected chi connectivity index (χ0v) is 55.7. The van der Waals surface area contributed by atoms with Crippen LogP contribution >= 0.6 is 0 Å². The highest BCUT2D eigenvalue weighted by atomic mass is 16.6. The van der Waals surface area contributed by atoms with Crippen LogP contribution in [0.2, 0.25) is 0 Å². The highest BCUT2D eigenvalue weighted by Gasteiger charge is 2.19. The van der Waals surface area contributed by atoms with Crippen LogP contribution in [-0.2, 0) is 28.6 Å². The lowest BCUT2D eigenvalue weighted by molar-refractivity contribution is -0.167. The van der Waals surface area contributed by atoms with Crippen LogP contribution in [0.4, 0.5) is 0 Å². The molecular formula is C77H140O6. The average molecular weight is 1160 g/mol. The van der Waals surface area contributed by atoms with Gasteiger partial charge in [0, 0.05) is 19.3 Å². The van der Waals surface area contributed by atoms with Gasteiger partial charge in [-0.2, -0.15) is 0 Å². The van der Waals surface area contributed by atoms with Crippen molar-refractivity contribution in [1.82, 2.24) is 0 Å². The van der Waals surface area contributed by atoms with Gasteiger partial charge < -0.3 is 14.2 Å². The van der Waals surface area contributed by atoms with E-state index in [0.717, 1.165) is 83.5 Å². The quantitative estimate of drug-likeness (QED) is 0.0261. The minimum Gasteiger partial charge on any atom is -0.462 e. The lowest BCUT2D eigenvalue weighted by Crippen LogP contribution is -2.30. The van der Waals surface area contributed by atoms with E-state index in [0.29, 0.717) is 19.3 Å². The molecule has 0 bridgehead atoms. The number of carbonyl (C=O) groups is 3. The first-order valence-corrected chi connectivity index (χ1v) is 36.8. The Morgan fingerprint density at radius 1 is 0.241 bits per heavy atom. The summed E-state index contributed by atoms with van der Waals surface area (Å²) in [5.74, 6) is -0.860. The molecule has 484 valence electrons. The monoisotopic (exact) mass is 1160 g/mol. The van der Waals surface area contributed by atoms with Gasteiger partial charge in [-0.15, -0.1) is 0 Å². The number of allylic oxidation sites excluding steroid dienone is 10. The van der Waals surface area contributed by atoms with Crippen molar-refractivity contribution in [2.24, 2.45) is 0 Å². The van der Waals surface area contributed by atoms with Gasteiger partial charge in [-0.05, 0) is 89.9 Å². The van der Waals surface area contributed by atoms with E-state index in [1.54, 1.807) is 0 Å². The molecule has 0 aromatic carbocycles. The van der Waals surface area contributed by atoms with Crippen molar-refractivity contribution in [2.45, 2.75) is 399 Å². The molecule has 0 aliphatic carbocycles. The summed E-state index contributed by atoms with van der Waals surface area (Å²) in [6.45, 7) is 6.66. The summed E-state index contributed by atoms with van der Waals surface area (Å²) < 4.78 is 17.0. The molecule has 0 amide bonds. The van der Waals surface area contributed by atoms with E-state index in [1.807, 2.05) is 0 Å². The molecule has 0 saturated carbocycles. The molecule has 6 heteroatoms. The van der Waals surface area contributed by atoms with Gasteiger partial charge in [0.05, 0.1) is 0 Å². The second-order valence-electron chi connectivity index (χ2n) is 24.9. The molecule has 0 aromatic rings. The third kappa shape index (κ3) is 69.8. The predicted octanol–water partition coefficient (Wildman–Crippen LogP) is 25.5. The average Bonchev–Trinajstić information content (AvgIpc) is 3.49. The van der Waals surface area contributed by atoms with Crippen molar-refractivity contribution in [3.63, 3.8) is 0 Å². The Kier molecular flexibility index (Phi) is 69.1. The molecule has 0 saturated heterocycles. The van der Waals surface area contributed by atoms with E-state index in [-0.39, 0.29) is 31.1 Å². The van der Waals surface area contributed by atoms with Crippen LogP contribution in [0.15, 0.2) is 60.8 Å². The normalized spacial score (nSPS) is 12.4. The minimum atomic E-state index is -0.780. The molecule has 0 aliphatic rings. The number of ether oxygens (including phenoxy) is 3. The molecule has 1 atom stereocenters. The van der Waals surface area contributed by atoms with Gasteiger partial charge in [-0.1, -0.05) is 345 Å². The standard InChI is InChI=1S/C77H140O6/c1-4-7-10-13-16-19-22-25-28-31-34-36-37-38-39-41-43-46-49-52-55-58-61-64-67-70-76(79)82-73-74(72-81-75(78)69-66-63-60-57-54-51-48-45-42-33-30-27-24-21-18-15-12-9-6-3)83-77(80)71-68-65-62-59-56-53-50-47-44-40-35-32-29-26-23-20-17-14-11-8-5-2/h18,21-22,25,27,30-31,34,42,45,74H,4-17,19-20,23-24,26,28-29,32-33,35-41,43-44,46-73H2,1-3H3/b21-18-,25-22-,30-27-,34-31-,45-42-. The fraction of sp³-hybridized carbons (Fsp3) is 0.831. The number of carbonyl (C=O) groups excluding carboxylic acids is 3. The van der Waals surface area contributed by atoms with E-state index in [9.17, 15) is 14.4 Å². The van der Waals surface area contributed by atoms with Crippen LogP contribution in [0.1, 0.15) is 393 Å². The molecule has 0 heterocycles. The summed E-state index contributed by atoms with van der Waals surface area (Å²) in [4.78, 5) is 38.5. The number of hydrogen-bond donors (Lipinski definition) is 0. The van der Waals surface area contributed by atoms with Crippen LogP contribution in [-0.4, -0.2) is 37.2 Å². The van der Waals surface area contributed by atoms with E-state index < -0.39 is 6.10 Å². The first-order chi connectivity index (χ1) is 41.0. The summed E-state index contributed by atoms with van der Waals surface area (Å²) in [6, 6.07) is 0. The molecular weight excluding hydrogens is 1020 g/mol. The molecule has 83 heavy (non-hydrogen) atoms. The van der Waals surface area contributed by atoms with Crippen LogP contribution in [0.3, 0.4) is 0 Å². The largest absolute Gasteiger partial charge is 0.462 e. The van der Waals surface area contributed by atoms with Crippen LogP contribution in [0, 0.1) is 0 Å². The first-order valence-electron chi connectivity index (χ1n) is 36.8. The number of unbranched alkanes of at least 4 members (excludes halogenated alkanes) is 47. The Labute approximate surface area is 517 Å². The molecule has 0 rings (SSSR count). The Balaban J connectivity index is 4.33. The third-order valence-electron chi connectivity index (χ3n) is 16.5. The van der Waals surface area contributed by atoms with Gasteiger partial charge in [-0.25, -0.2) is 0 Å². The maximum absolute atomic E-state index is 13.0. The highest BCUT2D eigenvalue weighted by molar-refractivity contribution is 5.71. The molecule has 0 fully saturated rings. The van der Waals surface area contributed by atoms with E-state index in [2.05, 4.69) is 81.5 Å². The van der Waals surface area contributed by atoms with Crippen LogP contribution < -0.4 is 0 Å². The maximum atomic E-state index is 13.0. The zero-order chi connectivity index (χ0) is 59.9. The molecule has 0 aliphatic heterocycles. The van der Waals surface area contributed by atoms with Crippen molar-refractivity contribution < 1.29 is 28.6 Å². The lowest BCUT2D eigenvalue weighted by atomic mass is 10.0. The second-order valence-corrected chi connectivity index (χ2v) is 24.9. The summed E-state index contributed by atoms with van der Waals surface area (Å²) >= 11 is 0. The van der Waals surface area contributed by atoms with Crippen molar-refractivity contribution >= 4 is 17.9 Å². The van der Waals surface area contributed by atoms with Crippen LogP contribution in [0.5, 0.6) is 0 Å². The minimum absolute atomic E-state index is 0.0747. The number of rotatable bonds is 68. The van der Waals surface area contributed by atoms with Crippen molar-refractivity contribution in [3.8, 4) is 0 Å². The Morgan fingerprint density at radius 3 is 0.699 bits per heavy atom. The van der Waals surface area contributed by atoms with Crippen molar-refractivity contribution in [1.29, 1.82) is 0 Å². The number of hydrogen-bond acceptors (Lipinski definition) is 6. The van der Waals surface area contributed by atoms with Gasteiger partial charge in [0.25, 0.3) is 0 Å². The fourth-order valence-electron chi connectivity index (χ4n) is 11.0. The predicted molar refractivity (Wildman–Crippen MR) is 362 cm³/mol. The molecule has 6 nitrogen and oxygen atoms in total. The molecule has 0 radical (unpaired) electrons. The Morgan fingerprint density at radius 2 is 0.434 bits per heavy atom. The third-order valence-corrected chi connectivity index (χ3v) is 16.5. The maximum Gasteiger partial charge on any atom is 0.306 e. The molecule has 0 N–H and O–H groups in total. The van der Waals surface area contributed by atoms with Gasteiger partial charge in [0.15, 0.2) is 6.10 Å². The molecule has 0 spiro atoms. The summed E-state index contributed by atoms with van der Waals surface area (Å²) in [7, 11) is 0. The summed E-state index contributed by atoms with van der Waals surface area (Å²) in [5.41, 5.74) is 0. The Bertz CT molecular complexity index is 1470. The summed E-state index contributed by atoms with van der Waals surface area (Å²) in [6.07, 6.45) is 92.5. The smallest absolute Gasteiger partial charge is 0.306 e. The van der Waals surface area contributed by atoms with Crippen molar-refractivity contribution in [2.75, 3.05) is 13.2 Å². The fourth-order valence-corrected chi connectivity index (χ4v) is 11.0. The zero-order valence-electron chi connectivity index (χ0n) is 55.7. The lowest BCUT2D eigenvalue weighted by Gasteiger charge is -2.18. The van der Waals surface area contributed by atoms with Crippen molar-refractivity contribution in [3.05, 3.63) is 60.8 Å².